The zero-order valence-electron chi connectivity index (χ0n) is 13.3. The number of halogens is 1. The molecular formula is C19H16FN3O2. The SMILES string of the molecule is O=C(c1cccc2nccnc12)N1C[C@H](O)C[C@H]1c1cccc(F)c1. The highest BCUT2D eigenvalue weighted by atomic mass is 19.1. The molecule has 1 aliphatic heterocycles. The topological polar surface area (TPSA) is 66.3 Å². The van der Waals surface area contributed by atoms with Crippen molar-refractivity contribution in [2.45, 2.75) is 18.6 Å². The molecule has 6 heteroatoms. The molecule has 0 unspecified atom stereocenters. The fraction of sp³-hybridized carbons (Fsp3) is 0.211. The van der Waals surface area contributed by atoms with E-state index >= 15 is 0 Å². The summed E-state index contributed by atoms with van der Waals surface area (Å²) in [7, 11) is 0. The minimum atomic E-state index is -0.640. The summed E-state index contributed by atoms with van der Waals surface area (Å²) in [5.41, 5.74) is 2.27. The zero-order chi connectivity index (χ0) is 17.4. The Labute approximate surface area is 143 Å². The van der Waals surface area contributed by atoms with Gasteiger partial charge in [-0.1, -0.05) is 18.2 Å². The number of benzene rings is 2. The standard InChI is InChI=1S/C19H16FN3O2/c20-13-4-1-3-12(9-13)17-10-14(24)11-23(17)19(25)15-5-2-6-16-18(15)22-8-7-21-16/h1-9,14,17,24H,10-11H2/t14-,17+/m1/s1. The molecule has 1 N–H and O–H groups in total. The molecule has 0 aliphatic carbocycles. The van der Waals surface area contributed by atoms with Gasteiger partial charge in [-0.15, -0.1) is 0 Å². The summed E-state index contributed by atoms with van der Waals surface area (Å²) in [6.45, 7) is 0.205. The highest BCUT2D eigenvalue weighted by Gasteiger charge is 2.36. The molecule has 0 saturated carbocycles. The zero-order valence-corrected chi connectivity index (χ0v) is 13.3. The molecule has 2 aromatic carbocycles. The van der Waals surface area contributed by atoms with Crippen molar-refractivity contribution >= 4 is 16.9 Å². The number of aliphatic hydroxyl groups excluding tert-OH is 1. The third kappa shape index (κ3) is 2.85. The molecule has 1 aliphatic rings. The van der Waals surface area contributed by atoms with Gasteiger partial charge in [0.15, 0.2) is 0 Å². The largest absolute Gasteiger partial charge is 0.391 e. The molecular weight excluding hydrogens is 321 g/mol. The number of rotatable bonds is 2. The molecule has 25 heavy (non-hydrogen) atoms. The van der Waals surface area contributed by atoms with E-state index in [4.69, 9.17) is 0 Å². The van der Waals surface area contributed by atoms with Gasteiger partial charge in [-0.3, -0.25) is 14.8 Å². The number of aromatic nitrogens is 2. The van der Waals surface area contributed by atoms with E-state index < -0.39 is 6.10 Å². The number of likely N-dealkylation sites (tertiary alicyclic amines) is 1. The Bertz CT molecular complexity index is 941. The molecule has 4 rings (SSSR count). The number of fused-ring (bicyclic) bond motifs is 1. The first-order valence-corrected chi connectivity index (χ1v) is 8.08. The van der Waals surface area contributed by atoms with E-state index in [-0.39, 0.29) is 24.3 Å². The number of carbonyl (C=O) groups is 1. The molecule has 1 aromatic heterocycles. The lowest BCUT2D eigenvalue weighted by Gasteiger charge is -2.25. The van der Waals surface area contributed by atoms with Gasteiger partial charge in [-0.25, -0.2) is 4.39 Å². The highest BCUT2D eigenvalue weighted by Crippen LogP contribution is 2.34. The third-order valence-corrected chi connectivity index (χ3v) is 4.50. The normalized spacial score (nSPS) is 20.2. The first-order chi connectivity index (χ1) is 12.1. The minimum Gasteiger partial charge on any atom is -0.391 e. The van der Waals surface area contributed by atoms with Crippen LogP contribution in [0.1, 0.15) is 28.4 Å². The van der Waals surface area contributed by atoms with Gasteiger partial charge >= 0.3 is 0 Å². The maximum atomic E-state index is 13.6. The van der Waals surface area contributed by atoms with Crippen LogP contribution in [-0.2, 0) is 0 Å². The Morgan fingerprint density at radius 1 is 1.16 bits per heavy atom. The van der Waals surface area contributed by atoms with Crippen LogP contribution in [0.25, 0.3) is 11.0 Å². The molecule has 0 radical (unpaired) electrons. The second-order valence-corrected chi connectivity index (χ2v) is 6.15. The second-order valence-electron chi connectivity index (χ2n) is 6.15. The molecule has 2 heterocycles. The van der Waals surface area contributed by atoms with Crippen molar-refractivity contribution in [3.63, 3.8) is 0 Å². The van der Waals surface area contributed by atoms with Crippen molar-refractivity contribution in [1.29, 1.82) is 0 Å². The molecule has 0 bridgehead atoms. The lowest BCUT2D eigenvalue weighted by atomic mass is 10.0. The Hall–Kier alpha value is -2.86. The van der Waals surface area contributed by atoms with E-state index in [1.807, 2.05) is 0 Å². The summed E-state index contributed by atoms with van der Waals surface area (Å²) in [5.74, 6) is -0.598. The number of aliphatic hydroxyl groups is 1. The Morgan fingerprint density at radius 2 is 1.96 bits per heavy atom. The maximum Gasteiger partial charge on any atom is 0.256 e. The van der Waals surface area contributed by atoms with Crippen molar-refractivity contribution in [2.24, 2.45) is 0 Å². The molecule has 3 aromatic rings. The van der Waals surface area contributed by atoms with Gasteiger partial charge in [0, 0.05) is 18.9 Å². The van der Waals surface area contributed by atoms with Crippen LogP contribution in [0.15, 0.2) is 54.9 Å². The second kappa shape index (κ2) is 6.22. The molecule has 1 amide bonds. The van der Waals surface area contributed by atoms with Crippen LogP contribution in [0, 0.1) is 5.82 Å². The Morgan fingerprint density at radius 3 is 2.80 bits per heavy atom. The lowest BCUT2D eigenvalue weighted by Crippen LogP contribution is -2.32. The van der Waals surface area contributed by atoms with Gasteiger partial charge in [0.25, 0.3) is 5.91 Å². The van der Waals surface area contributed by atoms with Gasteiger partial charge < -0.3 is 10.0 Å². The van der Waals surface area contributed by atoms with Crippen molar-refractivity contribution < 1.29 is 14.3 Å². The van der Waals surface area contributed by atoms with Crippen molar-refractivity contribution in [3.05, 3.63) is 71.8 Å². The van der Waals surface area contributed by atoms with Crippen LogP contribution in [0.4, 0.5) is 4.39 Å². The van der Waals surface area contributed by atoms with E-state index in [0.717, 1.165) is 0 Å². The number of carbonyl (C=O) groups excluding carboxylic acids is 1. The Kier molecular flexibility index (Phi) is 3.89. The van der Waals surface area contributed by atoms with Crippen LogP contribution < -0.4 is 0 Å². The molecule has 5 nitrogen and oxygen atoms in total. The summed E-state index contributed by atoms with van der Waals surface area (Å²) >= 11 is 0. The monoisotopic (exact) mass is 337 g/mol. The van der Waals surface area contributed by atoms with Gasteiger partial charge in [0.1, 0.15) is 11.3 Å². The predicted molar refractivity (Wildman–Crippen MR) is 90.3 cm³/mol. The van der Waals surface area contributed by atoms with Gasteiger partial charge in [-0.05, 0) is 36.2 Å². The highest BCUT2D eigenvalue weighted by molar-refractivity contribution is 6.04. The van der Waals surface area contributed by atoms with E-state index in [1.54, 1.807) is 47.6 Å². The average Bonchev–Trinajstić information content (AvgIpc) is 3.02. The summed E-state index contributed by atoms with van der Waals surface area (Å²) in [6, 6.07) is 11.0. The number of hydrogen-bond donors (Lipinski definition) is 1. The van der Waals surface area contributed by atoms with Crippen molar-refractivity contribution in [3.8, 4) is 0 Å². The summed E-state index contributed by atoms with van der Waals surface area (Å²) in [4.78, 5) is 23.2. The fourth-order valence-electron chi connectivity index (χ4n) is 3.39. The van der Waals surface area contributed by atoms with Crippen LogP contribution in [-0.4, -0.2) is 38.5 Å². The van der Waals surface area contributed by atoms with Gasteiger partial charge in [-0.2, -0.15) is 0 Å². The molecule has 0 spiro atoms. The molecule has 1 saturated heterocycles. The fourth-order valence-corrected chi connectivity index (χ4v) is 3.39. The number of amides is 1. The van der Waals surface area contributed by atoms with Crippen LogP contribution >= 0.6 is 0 Å². The molecule has 1 fully saturated rings. The molecule has 2 atom stereocenters. The minimum absolute atomic E-state index is 0.205. The lowest BCUT2D eigenvalue weighted by molar-refractivity contribution is 0.0717. The van der Waals surface area contributed by atoms with E-state index in [0.29, 0.717) is 28.6 Å². The quantitative estimate of drug-likeness (QED) is 0.781. The van der Waals surface area contributed by atoms with Gasteiger partial charge in [0.2, 0.25) is 0 Å². The first-order valence-electron chi connectivity index (χ1n) is 8.08. The average molecular weight is 337 g/mol. The first kappa shape index (κ1) is 15.7. The van der Waals surface area contributed by atoms with E-state index in [2.05, 4.69) is 9.97 Å². The number of β-amino-alcohol motifs (C(OH)–C–C–N with tert-alkyl or cyclic N) is 1. The van der Waals surface area contributed by atoms with Crippen molar-refractivity contribution in [2.75, 3.05) is 6.54 Å². The summed E-state index contributed by atoms with van der Waals surface area (Å²) < 4.78 is 13.6. The van der Waals surface area contributed by atoms with Crippen LogP contribution in [0.3, 0.4) is 0 Å². The van der Waals surface area contributed by atoms with Crippen LogP contribution in [0.5, 0.6) is 0 Å². The number of hydrogen-bond acceptors (Lipinski definition) is 4. The predicted octanol–water partition coefficient (Wildman–Crippen LogP) is 2.72. The van der Waals surface area contributed by atoms with E-state index in [9.17, 15) is 14.3 Å². The Balaban J connectivity index is 1.75. The molecule has 126 valence electrons. The maximum absolute atomic E-state index is 13.6. The number of para-hydroxylation sites is 1. The van der Waals surface area contributed by atoms with Crippen LogP contribution in [0.2, 0.25) is 0 Å². The summed E-state index contributed by atoms with van der Waals surface area (Å²) in [6.07, 6.45) is 2.86. The van der Waals surface area contributed by atoms with Crippen molar-refractivity contribution in [1.82, 2.24) is 14.9 Å². The van der Waals surface area contributed by atoms with E-state index in [1.165, 1.54) is 12.1 Å². The number of nitrogens with zero attached hydrogens (tertiary/aromatic N) is 3. The smallest absolute Gasteiger partial charge is 0.256 e. The third-order valence-electron chi connectivity index (χ3n) is 4.50. The summed E-state index contributed by atoms with van der Waals surface area (Å²) in [5, 5.41) is 10.1. The van der Waals surface area contributed by atoms with Gasteiger partial charge in [0.05, 0.1) is 23.2 Å².